The fourth-order valence-electron chi connectivity index (χ4n) is 2.37. The van der Waals surface area contributed by atoms with Crippen molar-refractivity contribution in [1.29, 1.82) is 0 Å². The highest BCUT2D eigenvalue weighted by atomic mass is 32.2. The van der Waals surface area contributed by atoms with Crippen molar-refractivity contribution in [1.82, 2.24) is 14.8 Å². The van der Waals surface area contributed by atoms with Gasteiger partial charge >= 0.3 is 0 Å². The molecule has 1 aromatic carbocycles. The summed E-state index contributed by atoms with van der Waals surface area (Å²) in [5, 5.41) is 16.4. The zero-order valence-electron chi connectivity index (χ0n) is 13.8. The lowest BCUT2D eigenvalue weighted by Crippen LogP contribution is -2.23. The molecule has 8 nitrogen and oxygen atoms in total. The molecule has 1 aliphatic carbocycles. The van der Waals surface area contributed by atoms with Gasteiger partial charge < -0.3 is 9.88 Å². The number of carbonyl (C=O) groups is 1. The number of sulfonamides is 1. The van der Waals surface area contributed by atoms with Gasteiger partial charge in [-0.25, -0.2) is 13.6 Å². The van der Waals surface area contributed by atoms with Crippen molar-refractivity contribution in [2.75, 3.05) is 5.32 Å². The van der Waals surface area contributed by atoms with Gasteiger partial charge in [0, 0.05) is 11.7 Å². The second-order valence-corrected chi connectivity index (χ2v) is 8.82. The van der Waals surface area contributed by atoms with Gasteiger partial charge in [0.15, 0.2) is 5.16 Å². The third kappa shape index (κ3) is 4.20. The number of rotatable bonds is 6. The molecule has 1 fully saturated rings. The van der Waals surface area contributed by atoms with E-state index < -0.39 is 10.0 Å². The molecule has 0 unspecified atom stereocenters. The van der Waals surface area contributed by atoms with E-state index in [0.29, 0.717) is 11.7 Å². The van der Waals surface area contributed by atoms with Crippen molar-refractivity contribution in [3.8, 4) is 0 Å². The molecular formula is C15H19N5O3S2. The Morgan fingerprint density at radius 2 is 1.96 bits per heavy atom. The predicted molar refractivity (Wildman–Crippen MR) is 94.8 cm³/mol. The van der Waals surface area contributed by atoms with Crippen molar-refractivity contribution < 1.29 is 13.2 Å². The van der Waals surface area contributed by atoms with E-state index in [1.807, 2.05) is 6.92 Å². The first-order chi connectivity index (χ1) is 11.8. The summed E-state index contributed by atoms with van der Waals surface area (Å²) < 4.78 is 24.6. The lowest BCUT2D eigenvalue weighted by atomic mass is 10.3. The Labute approximate surface area is 150 Å². The van der Waals surface area contributed by atoms with E-state index in [0.717, 1.165) is 23.8 Å². The first kappa shape index (κ1) is 17.9. The van der Waals surface area contributed by atoms with E-state index >= 15 is 0 Å². The third-order valence-electron chi connectivity index (χ3n) is 3.85. The van der Waals surface area contributed by atoms with E-state index in [-0.39, 0.29) is 16.1 Å². The molecule has 0 saturated heterocycles. The SMILES string of the molecule is Cc1nnc(S[C@H](C)C(=O)Nc2ccc(S(N)(=O)=O)cc2)n1C1CC1. The van der Waals surface area contributed by atoms with E-state index in [2.05, 4.69) is 20.1 Å². The Bertz CT molecular complexity index is 888. The van der Waals surface area contributed by atoms with Crippen LogP contribution < -0.4 is 10.5 Å². The number of thioether (sulfide) groups is 1. The molecule has 1 saturated carbocycles. The highest BCUT2D eigenvalue weighted by Crippen LogP contribution is 2.39. The first-order valence-corrected chi connectivity index (χ1v) is 10.2. The van der Waals surface area contributed by atoms with Gasteiger partial charge in [-0.1, -0.05) is 11.8 Å². The van der Waals surface area contributed by atoms with Crippen LogP contribution in [0, 0.1) is 6.92 Å². The summed E-state index contributed by atoms with van der Waals surface area (Å²) >= 11 is 1.36. The smallest absolute Gasteiger partial charge is 0.238 e. The van der Waals surface area contributed by atoms with E-state index in [9.17, 15) is 13.2 Å². The number of benzene rings is 1. The molecular weight excluding hydrogens is 362 g/mol. The van der Waals surface area contributed by atoms with E-state index in [4.69, 9.17) is 5.14 Å². The Hall–Kier alpha value is -1.91. The van der Waals surface area contributed by atoms with E-state index in [1.54, 1.807) is 6.92 Å². The molecule has 3 N–H and O–H groups in total. The largest absolute Gasteiger partial charge is 0.325 e. The van der Waals surface area contributed by atoms with Gasteiger partial charge in [0.05, 0.1) is 10.1 Å². The maximum absolute atomic E-state index is 12.4. The molecule has 0 spiro atoms. The fourth-order valence-corrected chi connectivity index (χ4v) is 3.85. The summed E-state index contributed by atoms with van der Waals surface area (Å²) in [4.78, 5) is 12.4. The minimum absolute atomic E-state index is 0.000864. The van der Waals surface area contributed by atoms with Crippen LogP contribution in [0.15, 0.2) is 34.3 Å². The molecule has 0 bridgehead atoms. The summed E-state index contributed by atoms with van der Waals surface area (Å²) in [6.07, 6.45) is 2.23. The van der Waals surface area contributed by atoms with Crippen molar-refractivity contribution in [2.24, 2.45) is 5.14 Å². The summed E-state index contributed by atoms with van der Waals surface area (Å²) in [5.41, 5.74) is 0.504. The summed E-state index contributed by atoms with van der Waals surface area (Å²) in [7, 11) is -3.74. The minimum Gasteiger partial charge on any atom is -0.325 e. The maximum Gasteiger partial charge on any atom is 0.238 e. The van der Waals surface area contributed by atoms with Crippen LogP contribution in [0.2, 0.25) is 0 Å². The van der Waals surface area contributed by atoms with Crippen LogP contribution in [-0.2, 0) is 14.8 Å². The number of anilines is 1. The molecule has 0 aliphatic heterocycles. The highest BCUT2D eigenvalue weighted by Gasteiger charge is 2.29. The van der Waals surface area contributed by atoms with Gasteiger partial charge in [0.1, 0.15) is 5.82 Å². The van der Waals surface area contributed by atoms with E-state index in [1.165, 1.54) is 36.0 Å². The van der Waals surface area contributed by atoms with Gasteiger partial charge in [0.2, 0.25) is 15.9 Å². The van der Waals surface area contributed by atoms with Crippen LogP contribution in [0.5, 0.6) is 0 Å². The van der Waals surface area contributed by atoms with Crippen LogP contribution in [-0.4, -0.2) is 34.3 Å². The molecule has 3 rings (SSSR count). The van der Waals surface area contributed by atoms with Crippen molar-refractivity contribution in [2.45, 2.75) is 48.0 Å². The van der Waals surface area contributed by atoms with Gasteiger partial charge in [0.25, 0.3) is 0 Å². The number of primary sulfonamides is 1. The molecule has 1 atom stereocenters. The van der Waals surface area contributed by atoms with Gasteiger partial charge in [-0.15, -0.1) is 10.2 Å². The van der Waals surface area contributed by atoms with Crippen LogP contribution in [0.1, 0.15) is 31.6 Å². The quantitative estimate of drug-likeness (QED) is 0.735. The Morgan fingerprint density at radius 3 is 2.52 bits per heavy atom. The Kier molecular flexibility index (Phi) is 4.85. The molecule has 134 valence electrons. The zero-order chi connectivity index (χ0) is 18.2. The number of amides is 1. The lowest BCUT2D eigenvalue weighted by molar-refractivity contribution is -0.115. The molecule has 1 amide bonds. The number of aryl methyl sites for hydroxylation is 1. The van der Waals surface area contributed by atoms with Crippen LogP contribution in [0.4, 0.5) is 5.69 Å². The lowest BCUT2D eigenvalue weighted by Gasteiger charge is -2.13. The molecule has 1 aromatic heterocycles. The maximum atomic E-state index is 12.4. The minimum atomic E-state index is -3.74. The number of nitrogens with one attached hydrogen (secondary N) is 1. The number of hydrogen-bond acceptors (Lipinski definition) is 6. The second kappa shape index (κ2) is 6.77. The van der Waals surface area contributed by atoms with Crippen molar-refractivity contribution in [3.63, 3.8) is 0 Å². The standard InChI is InChI=1S/C15H19N5O3S2/c1-9(24-15-19-18-10(2)20(15)12-5-6-12)14(21)17-11-3-7-13(8-4-11)25(16,22)23/h3-4,7-9,12H,5-6H2,1-2H3,(H,17,21)(H2,16,22,23)/t9-/m1/s1. The van der Waals surface area contributed by atoms with Crippen LogP contribution >= 0.6 is 11.8 Å². The average molecular weight is 381 g/mol. The monoisotopic (exact) mass is 381 g/mol. The van der Waals surface area contributed by atoms with Gasteiger partial charge in [-0.3, -0.25) is 4.79 Å². The average Bonchev–Trinajstić information content (AvgIpc) is 3.31. The molecule has 10 heteroatoms. The number of carbonyl (C=O) groups excluding carboxylic acids is 1. The summed E-state index contributed by atoms with van der Waals surface area (Å²) in [5.74, 6) is 0.660. The summed E-state index contributed by atoms with van der Waals surface area (Å²) in [6, 6.07) is 6.17. The van der Waals surface area contributed by atoms with Gasteiger partial charge in [-0.2, -0.15) is 0 Å². The molecule has 0 radical (unpaired) electrons. The third-order valence-corrected chi connectivity index (χ3v) is 5.83. The van der Waals surface area contributed by atoms with Crippen molar-refractivity contribution >= 4 is 33.4 Å². The van der Waals surface area contributed by atoms with Crippen LogP contribution in [0.3, 0.4) is 0 Å². The topological polar surface area (TPSA) is 120 Å². The number of nitrogens with two attached hydrogens (primary N) is 1. The van der Waals surface area contributed by atoms with Crippen LogP contribution in [0.25, 0.3) is 0 Å². The highest BCUT2D eigenvalue weighted by molar-refractivity contribution is 8.00. The Balaban J connectivity index is 1.65. The molecule has 2 aromatic rings. The number of aromatic nitrogens is 3. The zero-order valence-corrected chi connectivity index (χ0v) is 15.5. The normalized spacial score (nSPS) is 15.8. The second-order valence-electron chi connectivity index (χ2n) is 5.95. The van der Waals surface area contributed by atoms with Gasteiger partial charge in [-0.05, 0) is 51.0 Å². The first-order valence-electron chi connectivity index (χ1n) is 7.77. The molecule has 25 heavy (non-hydrogen) atoms. The Morgan fingerprint density at radius 1 is 1.32 bits per heavy atom. The summed E-state index contributed by atoms with van der Waals surface area (Å²) in [6.45, 7) is 3.70. The fraction of sp³-hybridized carbons (Fsp3) is 0.400. The number of nitrogens with zero attached hydrogens (tertiary/aromatic N) is 3. The predicted octanol–water partition coefficient (Wildman–Crippen LogP) is 1.69. The number of hydrogen-bond donors (Lipinski definition) is 2. The van der Waals surface area contributed by atoms with Crippen molar-refractivity contribution in [3.05, 3.63) is 30.1 Å². The molecule has 1 heterocycles. The molecule has 1 aliphatic rings.